The van der Waals surface area contributed by atoms with Crippen LogP contribution in [0.3, 0.4) is 0 Å². The summed E-state index contributed by atoms with van der Waals surface area (Å²) in [5, 5.41) is 28.3. The molecule has 0 fully saturated rings. The second-order valence-corrected chi connectivity index (χ2v) is 5.23. The van der Waals surface area contributed by atoms with Gasteiger partial charge in [-0.25, -0.2) is 15.0 Å². The summed E-state index contributed by atoms with van der Waals surface area (Å²) in [6.45, 7) is 3.43. The first kappa shape index (κ1) is 18.4. The standard InChI is InChI=1S/C19H13FN4O2/c1-12(19(25)26)5-18(15-6-14(11-22)7-16(20)9-15)24(23)17-4-2-3-13(8-17)10-21/h2-9H,1,23H2,(H,25,26)/b18-5-. The molecule has 0 aliphatic carbocycles. The average Bonchev–Trinajstić information content (AvgIpc) is 2.64. The lowest BCUT2D eigenvalue weighted by Gasteiger charge is -2.23. The van der Waals surface area contributed by atoms with Gasteiger partial charge in [0.05, 0.1) is 40.2 Å². The van der Waals surface area contributed by atoms with Crippen molar-refractivity contribution in [3.05, 3.63) is 83.2 Å². The van der Waals surface area contributed by atoms with E-state index in [2.05, 4.69) is 6.58 Å². The molecule has 0 saturated carbocycles. The second-order valence-electron chi connectivity index (χ2n) is 5.23. The Labute approximate surface area is 149 Å². The number of nitriles is 2. The van der Waals surface area contributed by atoms with Crippen LogP contribution in [-0.4, -0.2) is 11.1 Å². The van der Waals surface area contributed by atoms with Gasteiger partial charge >= 0.3 is 5.97 Å². The molecule has 0 aliphatic heterocycles. The first-order valence-electron chi connectivity index (χ1n) is 7.25. The molecule has 2 aromatic rings. The van der Waals surface area contributed by atoms with Crippen LogP contribution in [0.1, 0.15) is 16.7 Å². The number of carbonyl (C=O) groups is 1. The van der Waals surface area contributed by atoms with Gasteiger partial charge in [-0.15, -0.1) is 0 Å². The van der Waals surface area contributed by atoms with Crippen LogP contribution >= 0.6 is 0 Å². The minimum Gasteiger partial charge on any atom is -0.478 e. The van der Waals surface area contributed by atoms with Gasteiger partial charge in [-0.2, -0.15) is 10.5 Å². The number of hydrogen-bond donors (Lipinski definition) is 2. The maximum atomic E-state index is 13.8. The van der Waals surface area contributed by atoms with Gasteiger partial charge < -0.3 is 5.11 Å². The zero-order valence-corrected chi connectivity index (χ0v) is 13.5. The fourth-order valence-corrected chi connectivity index (χ4v) is 2.19. The lowest BCUT2D eigenvalue weighted by molar-refractivity contribution is -0.132. The summed E-state index contributed by atoms with van der Waals surface area (Å²) in [4.78, 5) is 11.1. The highest BCUT2D eigenvalue weighted by molar-refractivity contribution is 5.93. The molecule has 2 rings (SSSR count). The number of nitrogens with two attached hydrogens (primary N) is 1. The third-order valence-electron chi connectivity index (χ3n) is 3.42. The molecule has 0 saturated heterocycles. The number of anilines is 1. The molecule has 0 atom stereocenters. The van der Waals surface area contributed by atoms with Crippen molar-refractivity contribution in [2.24, 2.45) is 5.84 Å². The fourth-order valence-electron chi connectivity index (χ4n) is 2.19. The van der Waals surface area contributed by atoms with Gasteiger partial charge in [-0.1, -0.05) is 12.6 Å². The van der Waals surface area contributed by atoms with Crippen molar-refractivity contribution in [3.63, 3.8) is 0 Å². The number of benzene rings is 2. The van der Waals surface area contributed by atoms with Gasteiger partial charge in [0.15, 0.2) is 0 Å². The van der Waals surface area contributed by atoms with E-state index in [4.69, 9.17) is 21.5 Å². The van der Waals surface area contributed by atoms with E-state index in [0.717, 1.165) is 23.2 Å². The lowest BCUT2D eigenvalue weighted by atomic mass is 10.0. The second kappa shape index (κ2) is 7.75. The zero-order chi connectivity index (χ0) is 19.3. The monoisotopic (exact) mass is 348 g/mol. The van der Waals surface area contributed by atoms with Crippen molar-refractivity contribution in [2.75, 3.05) is 5.01 Å². The molecule has 0 heterocycles. The van der Waals surface area contributed by atoms with Crippen LogP contribution in [0.2, 0.25) is 0 Å². The summed E-state index contributed by atoms with van der Waals surface area (Å²) < 4.78 is 13.8. The highest BCUT2D eigenvalue weighted by Gasteiger charge is 2.15. The van der Waals surface area contributed by atoms with Crippen LogP contribution in [-0.2, 0) is 4.79 Å². The third-order valence-corrected chi connectivity index (χ3v) is 3.42. The maximum Gasteiger partial charge on any atom is 0.335 e. The van der Waals surface area contributed by atoms with Crippen LogP contribution in [0.4, 0.5) is 10.1 Å². The van der Waals surface area contributed by atoms with E-state index >= 15 is 0 Å². The highest BCUT2D eigenvalue weighted by Crippen LogP contribution is 2.26. The predicted octanol–water partition coefficient (Wildman–Crippen LogP) is 2.93. The Morgan fingerprint density at radius 3 is 2.50 bits per heavy atom. The quantitative estimate of drug-likeness (QED) is 0.372. The number of hydrazine groups is 1. The van der Waals surface area contributed by atoms with Gasteiger partial charge in [0.25, 0.3) is 0 Å². The summed E-state index contributed by atoms with van der Waals surface area (Å²) in [7, 11) is 0. The van der Waals surface area contributed by atoms with Crippen LogP contribution in [0.15, 0.2) is 60.7 Å². The SMILES string of the molecule is C=C(/C=C(/c1cc(F)cc(C#N)c1)N(N)c1cccc(C#N)c1)C(=O)O. The van der Waals surface area contributed by atoms with E-state index in [1.54, 1.807) is 18.2 Å². The molecule has 0 amide bonds. The van der Waals surface area contributed by atoms with E-state index in [1.165, 1.54) is 12.1 Å². The van der Waals surface area contributed by atoms with Crippen LogP contribution < -0.4 is 10.9 Å². The molecule has 2 aromatic carbocycles. The van der Waals surface area contributed by atoms with Crippen LogP contribution in [0.5, 0.6) is 0 Å². The Kier molecular flexibility index (Phi) is 5.49. The normalized spacial score (nSPS) is 10.5. The minimum atomic E-state index is -1.28. The first-order chi connectivity index (χ1) is 12.3. The maximum absolute atomic E-state index is 13.8. The smallest absolute Gasteiger partial charge is 0.335 e. The van der Waals surface area contributed by atoms with Gasteiger partial charge in [0.1, 0.15) is 5.82 Å². The van der Waals surface area contributed by atoms with Gasteiger partial charge in [-0.05, 0) is 42.5 Å². The van der Waals surface area contributed by atoms with E-state index in [9.17, 15) is 9.18 Å². The lowest BCUT2D eigenvalue weighted by Crippen LogP contribution is -2.29. The highest BCUT2D eigenvalue weighted by atomic mass is 19.1. The topological polar surface area (TPSA) is 114 Å². The molecule has 0 spiro atoms. The molecule has 7 heteroatoms. The Morgan fingerprint density at radius 2 is 1.88 bits per heavy atom. The molecule has 0 radical (unpaired) electrons. The van der Waals surface area contributed by atoms with Crippen molar-refractivity contribution < 1.29 is 14.3 Å². The van der Waals surface area contributed by atoms with Gasteiger partial charge in [0.2, 0.25) is 0 Å². The van der Waals surface area contributed by atoms with E-state index in [0.29, 0.717) is 11.3 Å². The molecular weight excluding hydrogens is 335 g/mol. The third kappa shape index (κ3) is 4.12. The van der Waals surface area contributed by atoms with Crippen molar-refractivity contribution in [2.45, 2.75) is 0 Å². The molecule has 3 N–H and O–H groups in total. The number of carboxylic acids is 1. The molecule has 0 aliphatic rings. The predicted molar refractivity (Wildman–Crippen MR) is 93.7 cm³/mol. The van der Waals surface area contributed by atoms with Crippen molar-refractivity contribution in [3.8, 4) is 12.1 Å². The molecular formula is C19H13FN4O2. The minimum absolute atomic E-state index is 0.0472. The van der Waals surface area contributed by atoms with E-state index in [1.807, 2.05) is 12.1 Å². The molecule has 0 bridgehead atoms. The van der Waals surface area contributed by atoms with Gasteiger partial charge in [0, 0.05) is 5.56 Å². The van der Waals surface area contributed by atoms with Crippen molar-refractivity contribution in [1.29, 1.82) is 10.5 Å². The molecule has 0 aromatic heterocycles. The fraction of sp³-hybridized carbons (Fsp3) is 0. The number of hydrogen-bond acceptors (Lipinski definition) is 5. The average molecular weight is 348 g/mol. The summed E-state index contributed by atoms with van der Waals surface area (Å²) in [5.74, 6) is 4.15. The first-order valence-corrected chi connectivity index (χ1v) is 7.25. The summed E-state index contributed by atoms with van der Waals surface area (Å²) in [6, 6.07) is 13.6. The number of aliphatic carboxylic acids is 1. The Morgan fingerprint density at radius 1 is 1.19 bits per heavy atom. The summed E-state index contributed by atoms with van der Waals surface area (Å²) in [6.07, 6.45) is 1.16. The Hall–Kier alpha value is -3.94. The van der Waals surface area contributed by atoms with Crippen LogP contribution in [0.25, 0.3) is 5.70 Å². The number of carboxylic acid groups (broad SMARTS) is 1. The number of nitrogens with zero attached hydrogens (tertiary/aromatic N) is 3. The summed E-state index contributed by atoms with van der Waals surface area (Å²) >= 11 is 0. The van der Waals surface area contributed by atoms with Gasteiger partial charge in [-0.3, -0.25) is 5.01 Å². The van der Waals surface area contributed by atoms with Crippen LogP contribution in [0, 0.1) is 28.5 Å². The van der Waals surface area contributed by atoms with E-state index < -0.39 is 11.8 Å². The largest absolute Gasteiger partial charge is 0.478 e. The van der Waals surface area contributed by atoms with Crippen molar-refractivity contribution >= 4 is 17.4 Å². The molecule has 26 heavy (non-hydrogen) atoms. The van der Waals surface area contributed by atoms with E-state index in [-0.39, 0.29) is 22.4 Å². The Bertz CT molecular complexity index is 999. The number of rotatable bonds is 5. The zero-order valence-electron chi connectivity index (χ0n) is 13.5. The molecule has 128 valence electrons. The summed E-state index contributed by atoms with van der Waals surface area (Å²) in [5.41, 5.74) is 0.764. The molecule has 0 unspecified atom stereocenters. The molecule has 6 nitrogen and oxygen atoms in total. The number of halogens is 1. The van der Waals surface area contributed by atoms with Crippen molar-refractivity contribution in [1.82, 2.24) is 0 Å². The Balaban J connectivity index is 2.64.